The van der Waals surface area contributed by atoms with Gasteiger partial charge in [-0.15, -0.1) is 0 Å². The molecule has 7 nitrogen and oxygen atoms in total. The molecule has 2 N–H and O–H groups in total. The lowest BCUT2D eigenvalue weighted by Crippen LogP contribution is -2.52. The van der Waals surface area contributed by atoms with Gasteiger partial charge in [0.05, 0.1) is 18.8 Å². The summed E-state index contributed by atoms with van der Waals surface area (Å²) < 4.78 is 4.78. The number of para-hydroxylation sites is 1. The number of amides is 2. The highest BCUT2D eigenvalue weighted by molar-refractivity contribution is 6.05. The van der Waals surface area contributed by atoms with Crippen molar-refractivity contribution >= 4 is 23.5 Å². The molecule has 7 heteroatoms. The minimum absolute atomic E-state index is 0.108. The number of benzene rings is 1. The Morgan fingerprint density at radius 3 is 2.86 bits per heavy atom. The van der Waals surface area contributed by atoms with E-state index in [1.54, 1.807) is 25.1 Å². The molecule has 0 aromatic heterocycles. The van der Waals surface area contributed by atoms with Gasteiger partial charge in [0.15, 0.2) is 6.10 Å². The van der Waals surface area contributed by atoms with Crippen molar-refractivity contribution in [2.75, 3.05) is 24.6 Å². The lowest BCUT2D eigenvalue weighted by Gasteiger charge is -2.29. The SMILES string of the molecule is CCOC(=O)C(O)c1ccccc1N1CC(=O)NCC1=O. The van der Waals surface area contributed by atoms with Gasteiger partial charge in [-0.2, -0.15) is 0 Å². The highest BCUT2D eigenvalue weighted by Gasteiger charge is 2.29. The number of aliphatic hydroxyl groups excluding tert-OH is 1. The molecular formula is C14H16N2O5. The molecule has 1 aromatic carbocycles. The molecule has 21 heavy (non-hydrogen) atoms. The molecular weight excluding hydrogens is 276 g/mol. The van der Waals surface area contributed by atoms with Crippen LogP contribution < -0.4 is 10.2 Å². The van der Waals surface area contributed by atoms with Gasteiger partial charge in [-0.1, -0.05) is 18.2 Å². The van der Waals surface area contributed by atoms with Crippen LogP contribution in [0.5, 0.6) is 0 Å². The van der Waals surface area contributed by atoms with Crippen LogP contribution in [0.15, 0.2) is 24.3 Å². The second-order valence-electron chi connectivity index (χ2n) is 4.47. The Balaban J connectivity index is 2.34. The van der Waals surface area contributed by atoms with Crippen LogP contribution in [0.4, 0.5) is 5.69 Å². The lowest BCUT2D eigenvalue weighted by atomic mass is 10.1. The fourth-order valence-electron chi connectivity index (χ4n) is 2.09. The molecule has 1 aromatic rings. The summed E-state index contributed by atoms with van der Waals surface area (Å²) in [5, 5.41) is 12.5. The summed E-state index contributed by atoms with van der Waals surface area (Å²) in [6.07, 6.45) is -1.50. The molecule has 0 bridgehead atoms. The standard InChI is InChI=1S/C14H16N2O5/c1-2-21-14(20)13(19)9-5-3-4-6-10(9)16-8-11(17)15-7-12(16)18/h3-6,13,19H,2,7-8H2,1H3,(H,15,17). The molecule has 2 amide bonds. The topological polar surface area (TPSA) is 95.9 Å². The lowest BCUT2D eigenvalue weighted by molar-refractivity contribution is -0.153. The van der Waals surface area contributed by atoms with E-state index in [4.69, 9.17) is 4.74 Å². The predicted octanol–water partition coefficient (Wildman–Crippen LogP) is -0.254. The van der Waals surface area contributed by atoms with E-state index in [1.807, 2.05) is 0 Å². The average Bonchev–Trinajstić information content (AvgIpc) is 2.49. The maximum atomic E-state index is 11.9. The summed E-state index contributed by atoms with van der Waals surface area (Å²) in [7, 11) is 0. The normalized spacial score (nSPS) is 16.4. The molecule has 1 aliphatic rings. The number of hydrogen-bond acceptors (Lipinski definition) is 5. The van der Waals surface area contributed by atoms with Gasteiger partial charge in [-0.25, -0.2) is 4.79 Å². The summed E-state index contributed by atoms with van der Waals surface area (Å²) in [4.78, 5) is 36.3. The van der Waals surface area contributed by atoms with E-state index < -0.39 is 12.1 Å². The zero-order valence-corrected chi connectivity index (χ0v) is 11.5. The number of piperazine rings is 1. The number of esters is 1. The number of carbonyl (C=O) groups excluding carboxylic acids is 3. The minimum atomic E-state index is -1.50. The number of nitrogens with one attached hydrogen (secondary N) is 1. The van der Waals surface area contributed by atoms with Gasteiger partial charge in [0.25, 0.3) is 0 Å². The van der Waals surface area contributed by atoms with E-state index in [0.29, 0.717) is 5.69 Å². The van der Waals surface area contributed by atoms with E-state index in [-0.39, 0.29) is 37.1 Å². The van der Waals surface area contributed by atoms with Gasteiger partial charge in [-0.3, -0.25) is 9.59 Å². The molecule has 1 aliphatic heterocycles. The van der Waals surface area contributed by atoms with E-state index in [9.17, 15) is 19.5 Å². The summed E-state index contributed by atoms with van der Waals surface area (Å²) in [6.45, 7) is 1.52. The third-order valence-electron chi connectivity index (χ3n) is 3.07. The highest BCUT2D eigenvalue weighted by atomic mass is 16.5. The quantitative estimate of drug-likeness (QED) is 0.746. The predicted molar refractivity (Wildman–Crippen MR) is 73.4 cm³/mol. The van der Waals surface area contributed by atoms with Crippen LogP contribution in [0, 0.1) is 0 Å². The van der Waals surface area contributed by atoms with E-state index in [0.717, 1.165) is 0 Å². The Bertz CT molecular complexity index is 572. The van der Waals surface area contributed by atoms with Crippen molar-refractivity contribution in [1.82, 2.24) is 5.32 Å². The molecule has 1 fully saturated rings. The summed E-state index contributed by atoms with van der Waals surface area (Å²) >= 11 is 0. The summed E-state index contributed by atoms with van der Waals surface area (Å²) in [5.41, 5.74) is 0.567. The Morgan fingerprint density at radius 2 is 2.14 bits per heavy atom. The van der Waals surface area contributed by atoms with Crippen LogP contribution in [0.2, 0.25) is 0 Å². The highest BCUT2D eigenvalue weighted by Crippen LogP contribution is 2.28. The Kier molecular flexibility index (Phi) is 4.54. The second-order valence-corrected chi connectivity index (χ2v) is 4.47. The molecule has 0 aliphatic carbocycles. The number of ether oxygens (including phenoxy) is 1. The third kappa shape index (κ3) is 3.19. The van der Waals surface area contributed by atoms with Gasteiger partial charge >= 0.3 is 5.97 Å². The zero-order valence-electron chi connectivity index (χ0n) is 11.5. The van der Waals surface area contributed by atoms with Crippen molar-refractivity contribution in [3.05, 3.63) is 29.8 Å². The number of nitrogens with zero attached hydrogens (tertiary/aromatic N) is 1. The van der Waals surface area contributed by atoms with E-state index in [1.165, 1.54) is 11.0 Å². The van der Waals surface area contributed by atoms with Gasteiger partial charge < -0.3 is 20.1 Å². The van der Waals surface area contributed by atoms with Crippen LogP contribution in [-0.2, 0) is 19.1 Å². The molecule has 1 heterocycles. The first-order valence-electron chi connectivity index (χ1n) is 6.55. The van der Waals surface area contributed by atoms with Gasteiger partial charge in [-0.05, 0) is 13.0 Å². The first kappa shape index (κ1) is 15.0. The van der Waals surface area contributed by atoms with Gasteiger partial charge in [0, 0.05) is 5.56 Å². The van der Waals surface area contributed by atoms with Crippen LogP contribution in [0.3, 0.4) is 0 Å². The first-order valence-corrected chi connectivity index (χ1v) is 6.55. The van der Waals surface area contributed by atoms with Crippen molar-refractivity contribution < 1.29 is 24.2 Å². The molecule has 1 unspecified atom stereocenters. The van der Waals surface area contributed by atoms with E-state index in [2.05, 4.69) is 5.32 Å². The van der Waals surface area contributed by atoms with Crippen molar-refractivity contribution in [2.24, 2.45) is 0 Å². The minimum Gasteiger partial charge on any atom is -0.464 e. The van der Waals surface area contributed by atoms with Gasteiger partial charge in [0.2, 0.25) is 11.8 Å². The summed E-state index contributed by atoms with van der Waals surface area (Å²) in [6, 6.07) is 6.40. The third-order valence-corrected chi connectivity index (χ3v) is 3.07. The smallest absolute Gasteiger partial charge is 0.339 e. The molecule has 112 valence electrons. The van der Waals surface area contributed by atoms with Crippen molar-refractivity contribution in [1.29, 1.82) is 0 Å². The fourth-order valence-corrected chi connectivity index (χ4v) is 2.09. The number of anilines is 1. The zero-order chi connectivity index (χ0) is 15.4. The second kappa shape index (κ2) is 6.36. The van der Waals surface area contributed by atoms with Crippen molar-refractivity contribution in [2.45, 2.75) is 13.0 Å². The number of aliphatic hydroxyl groups is 1. The largest absolute Gasteiger partial charge is 0.464 e. The molecule has 0 spiro atoms. The molecule has 2 rings (SSSR count). The van der Waals surface area contributed by atoms with Gasteiger partial charge in [0.1, 0.15) is 6.54 Å². The fraction of sp³-hybridized carbons (Fsp3) is 0.357. The first-order chi connectivity index (χ1) is 10.0. The molecule has 1 saturated heterocycles. The van der Waals surface area contributed by atoms with Crippen molar-refractivity contribution in [3.8, 4) is 0 Å². The van der Waals surface area contributed by atoms with Crippen LogP contribution >= 0.6 is 0 Å². The molecule has 1 atom stereocenters. The Hall–Kier alpha value is -2.41. The van der Waals surface area contributed by atoms with E-state index >= 15 is 0 Å². The maximum Gasteiger partial charge on any atom is 0.339 e. The molecule has 0 radical (unpaired) electrons. The maximum absolute atomic E-state index is 11.9. The van der Waals surface area contributed by atoms with Crippen LogP contribution in [0.1, 0.15) is 18.6 Å². The van der Waals surface area contributed by atoms with Crippen LogP contribution in [0.25, 0.3) is 0 Å². The average molecular weight is 292 g/mol. The summed E-state index contributed by atoms with van der Waals surface area (Å²) in [5.74, 6) is -1.40. The van der Waals surface area contributed by atoms with Crippen LogP contribution in [-0.4, -0.2) is 42.6 Å². The number of hydrogen-bond donors (Lipinski definition) is 2. The number of carbonyl (C=O) groups is 3. The molecule has 0 saturated carbocycles. The number of rotatable bonds is 4. The monoisotopic (exact) mass is 292 g/mol. The van der Waals surface area contributed by atoms with Crippen molar-refractivity contribution in [3.63, 3.8) is 0 Å². The Morgan fingerprint density at radius 1 is 1.43 bits per heavy atom. The Labute approximate surface area is 121 Å².